The highest BCUT2D eigenvalue weighted by atomic mass is 35.5. The van der Waals surface area contributed by atoms with Crippen molar-refractivity contribution in [2.45, 2.75) is 33.4 Å². The summed E-state index contributed by atoms with van der Waals surface area (Å²) in [6.45, 7) is 6.50. The van der Waals surface area contributed by atoms with E-state index in [0.29, 0.717) is 21.7 Å². The third-order valence-electron chi connectivity index (χ3n) is 4.59. The van der Waals surface area contributed by atoms with E-state index in [-0.39, 0.29) is 0 Å². The maximum absolute atomic E-state index is 6.44. The average Bonchev–Trinajstić information content (AvgIpc) is 3.07. The Morgan fingerprint density at radius 1 is 1.03 bits per heavy atom. The second-order valence-electron chi connectivity index (χ2n) is 6.77. The maximum atomic E-state index is 6.44. The molecular weight excluding hydrogens is 447 g/mol. The Labute approximate surface area is 191 Å². The number of hydrogen-bond donors (Lipinski definition) is 0. The molecule has 1 heterocycles. The monoisotopic (exact) mass is 468 g/mol. The van der Waals surface area contributed by atoms with Gasteiger partial charge in [-0.25, -0.2) is 4.98 Å². The van der Waals surface area contributed by atoms with Gasteiger partial charge in [0.1, 0.15) is 0 Å². The predicted molar refractivity (Wildman–Crippen MR) is 126 cm³/mol. The van der Waals surface area contributed by atoms with Gasteiger partial charge in [-0.1, -0.05) is 66.0 Å². The van der Waals surface area contributed by atoms with E-state index in [1.165, 1.54) is 11.1 Å². The van der Waals surface area contributed by atoms with Crippen molar-refractivity contribution in [3.8, 4) is 11.3 Å². The lowest BCUT2D eigenvalue weighted by molar-refractivity contribution is 0.184. The highest BCUT2D eigenvalue weighted by molar-refractivity contribution is 7.16. The van der Waals surface area contributed by atoms with E-state index in [1.807, 2.05) is 6.07 Å². The zero-order valence-corrected chi connectivity index (χ0v) is 19.7. The summed E-state index contributed by atoms with van der Waals surface area (Å²) < 4.78 is 5.36. The van der Waals surface area contributed by atoms with Gasteiger partial charge in [0.05, 0.1) is 27.4 Å². The summed E-state index contributed by atoms with van der Waals surface area (Å²) in [5.74, 6) is 0. The number of halogens is 3. The van der Waals surface area contributed by atoms with Gasteiger partial charge in [0, 0.05) is 30.6 Å². The molecule has 154 valence electrons. The lowest BCUT2D eigenvalue weighted by Gasteiger charge is -2.22. The molecule has 0 aliphatic carbocycles. The van der Waals surface area contributed by atoms with Crippen molar-refractivity contribution < 1.29 is 4.74 Å². The second kappa shape index (κ2) is 10.1. The van der Waals surface area contributed by atoms with Crippen LogP contribution in [0.25, 0.3) is 11.3 Å². The van der Waals surface area contributed by atoms with Crippen molar-refractivity contribution in [3.05, 3.63) is 67.5 Å². The molecule has 0 bridgehead atoms. The number of aromatic nitrogens is 1. The van der Waals surface area contributed by atoms with Gasteiger partial charge in [-0.3, -0.25) is 0 Å². The molecule has 0 saturated heterocycles. The van der Waals surface area contributed by atoms with Crippen molar-refractivity contribution in [3.63, 3.8) is 0 Å². The third kappa shape index (κ3) is 5.25. The number of hydrogen-bond acceptors (Lipinski definition) is 4. The van der Waals surface area contributed by atoms with Gasteiger partial charge >= 0.3 is 0 Å². The number of rotatable bonds is 8. The van der Waals surface area contributed by atoms with E-state index in [0.717, 1.165) is 40.8 Å². The van der Waals surface area contributed by atoms with E-state index in [9.17, 15) is 0 Å². The van der Waals surface area contributed by atoms with Crippen molar-refractivity contribution in [1.82, 2.24) is 4.98 Å². The molecule has 29 heavy (non-hydrogen) atoms. The quantitative estimate of drug-likeness (QED) is 0.317. The van der Waals surface area contributed by atoms with Crippen LogP contribution in [0.3, 0.4) is 0 Å². The summed E-state index contributed by atoms with van der Waals surface area (Å²) in [7, 11) is 1.72. The van der Waals surface area contributed by atoms with Crippen molar-refractivity contribution in [2.75, 3.05) is 18.6 Å². The first-order chi connectivity index (χ1) is 13.9. The molecule has 0 unspecified atom stereocenters. The van der Waals surface area contributed by atoms with Crippen LogP contribution in [0.5, 0.6) is 0 Å². The van der Waals surface area contributed by atoms with Gasteiger partial charge < -0.3 is 9.64 Å². The number of benzene rings is 2. The summed E-state index contributed by atoms with van der Waals surface area (Å²) in [4.78, 5) is 8.33. The largest absolute Gasteiger partial charge is 0.380 e. The fourth-order valence-electron chi connectivity index (χ4n) is 3.20. The molecule has 0 aliphatic rings. The first kappa shape index (κ1) is 22.4. The van der Waals surface area contributed by atoms with Gasteiger partial charge in [0.25, 0.3) is 0 Å². The van der Waals surface area contributed by atoms with E-state index >= 15 is 0 Å². The molecule has 3 nitrogen and oxygen atoms in total. The standard InChI is InChI=1S/C22H23Cl3N2OS/c1-4-9-27(12-15-7-5-6-8-16(15)13-28-3)22-26-21(14(2)29-22)17-10-19(24)20(25)11-18(17)23/h5-8,10-11H,4,9,12-13H2,1-3H3. The van der Waals surface area contributed by atoms with Crippen LogP contribution < -0.4 is 4.90 Å². The Kier molecular flexibility index (Phi) is 7.83. The van der Waals surface area contributed by atoms with Crippen LogP contribution in [0, 0.1) is 6.92 Å². The Morgan fingerprint density at radius 2 is 1.72 bits per heavy atom. The van der Waals surface area contributed by atoms with Crippen LogP contribution in [0.1, 0.15) is 29.3 Å². The number of anilines is 1. The summed E-state index contributed by atoms with van der Waals surface area (Å²) in [5, 5.41) is 2.43. The molecule has 1 aromatic heterocycles. The summed E-state index contributed by atoms with van der Waals surface area (Å²) in [5.41, 5.74) is 4.08. The molecule has 0 aliphatic heterocycles. The Morgan fingerprint density at radius 3 is 2.41 bits per heavy atom. The molecule has 0 amide bonds. The van der Waals surface area contributed by atoms with Crippen molar-refractivity contribution in [2.24, 2.45) is 0 Å². The minimum Gasteiger partial charge on any atom is -0.380 e. The smallest absolute Gasteiger partial charge is 0.186 e. The number of methoxy groups -OCH3 is 1. The summed E-state index contributed by atoms with van der Waals surface area (Å²) in [6.07, 6.45) is 1.02. The molecule has 0 atom stereocenters. The van der Waals surface area contributed by atoms with Crippen LogP contribution in [-0.4, -0.2) is 18.6 Å². The summed E-state index contributed by atoms with van der Waals surface area (Å²) in [6, 6.07) is 11.8. The number of thiazole rings is 1. The fourth-order valence-corrected chi connectivity index (χ4v) is 4.78. The molecule has 7 heteroatoms. The zero-order valence-electron chi connectivity index (χ0n) is 16.6. The Hall–Kier alpha value is -1.30. The topological polar surface area (TPSA) is 25.4 Å². The SMILES string of the molecule is CCCN(Cc1ccccc1COC)c1nc(-c2cc(Cl)c(Cl)cc2Cl)c(C)s1. The van der Waals surface area contributed by atoms with Crippen LogP contribution in [0.15, 0.2) is 36.4 Å². The third-order valence-corrected chi connectivity index (χ3v) is 6.66. The number of aryl methyl sites for hydroxylation is 1. The maximum Gasteiger partial charge on any atom is 0.186 e. The van der Waals surface area contributed by atoms with Gasteiger partial charge in [-0.05, 0) is 36.6 Å². The lowest BCUT2D eigenvalue weighted by Crippen LogP contribution is -2.24. The van der Waals surface area contributed by atoms with Crippen molar-refractivity contribution >= 4 is 51.3 Å². The molecule has 0 fully saturated rings. The minimum atomic E-state index is 0.441. The zero-order chi connectivity index (χ0) is 21.0. The summed E-state index contributed by atoms with van der Waals surface area (Å²) >= 11 is 20.4. The average molecular weight is 470 g/mol. The second-order valence-corrected chi connectivity index (χ2v) is 9.17. The molecule has 0 spiro atoms. The minimum absolute atomic E-state index is 0.441. The molecule has 3 rings (SSSR count). The number of nitrogens with zero attached hydrogens (tertiary/aromatic N) is 2. The molecule has 3 aromatic rings. The molecule has 0 saturated carbocycles. The fraction of sp³-hybridized carbons (Fsp3) is 0.318. The van der Waals surface area contributed by atoms with E-state index < -0.39 is 0 Å². The first-order valence-electron chi connectivity index (χ1n) is 9.37. The van der Waals surface area contributed by atoms with E-state index in [2.05, 4.69) is 36.9 Å². The van der Waals surface area contributed by atoms with Crippen LogP contribution in [0.4, 0.5) is 5.13 Å². The van der Waals surface area contributed by atoms with Gasteiger partial charge in [-0.15, -0.1) is 11.3 Å². The Balaban J connectivity index is 1.96. The van der Waals surface area contributed by atoms with Crippen LogP contribution in [-0.2, 0) is 17.9 Å². The molecule has 0 N–H and O–H groups in total. The lowest BCUT2D eigenvalue weighted by atomic mass is 10.1. The van der Waals surface area contributed by atoms with Gasteiger partial charge in [0.15, 0.2) is 5.13 Å². The van der Waals surface area contributed by atoms with E-state index in [1.54, 1.807) is 30.6 Å². The van der Waals surface area contributed by atoms with Crippen molar-refractivity contribution in [1.29, 1.82) is 0 Å². The molecule has 0 radical (unpaired) electrons. The first-order valence-corrected chi connectivity index (χ1v) is 11.3. The van der Waals surface area contributed by atoms with Crippen LogP contribution >= 0.6 is 46.1 Å². The molecular formula is C22H23Cl3N2OS. The van der Waals surface area contributed by atoms with Gasteiger partial charge in [-0.2, -0.15) is 0 Å². The van der Waals surface area contributed by atoms with Crippen LogP contribution in [0.2, 0.25) is 15.1 Å². The Bertz CT molecular complexity index is 990. The molecule has 2 aromatic carbocycles. The highest BCUT2D eigenvalue weighted by Crippen LogP contribution is 2.39. The van der Waals surface area contributed by atoms with Gasteiger partial charge in [0.2, 0.25) is 0 Å². The number of ether oxygens (including phenoxy) is 1. The highest BCUT2D eigenvalue weighted by Gasteiger charge is 2.19. The normalized spacial score (nSPS) is 11.1. The van der Waals surface area contributed by atoms with E-state index in [4.69, 9.17) is 44.5 Å². The predicted octanol–water partition coefficient (Wildman–Crippen LogP) is 7.64.